The van der Waals surface area contributed by atoms with Gasteiger partial charge in [0, 0.05) is 36.3 Å². The lowest BCUT2D eigenvalue weighted by molar-refractivity contribution is 0.0954. The largest absolute Gasteiger partial charge is 0.497 e. The number of aromatic nitrogens is 1. The Kier molecular flexibility index (Phi) is 8.30. The fraction of sp³-hybridized carbons (Fsp3) is 0.174. The molecule has 3 N–H and O–H groups in total. The maximum atomic E-state index is 12.1. The van der Waals surface area contributed by atoms with Crippen molar-refractivity contribution in [3.8, 4) is 5.75 Å². The first kappa shape index (κ1) is 22.2. The van der Waals surface area contributed by atoms with Crippen LogP contribution in [0.4, 0.5) is 10.5 Å². The summed E-state index contributed by atoms with van der Waals surface area (Å²) in [7, 11) is 1.57. The van der Waals surface area contributed by atoms with Crippen molar-refractivity contribution in [2.45, 2.75) is 10.8 Å². The molecule has 0 radical (unpaired) electrons. The third kappa shape index (κ3) is 7.35. The molecule has 3 amide bonds. The monoisotopic (exact) mass is 436 g/mol. The van der Waals surface area contributed by atoms with Gasteiger partial charge in [-0.15, -0.1) is 11.8 Å². The van der Waals surface area contributed by atoms with Crippen molar-refractivity contribution >= 4 is 29.4 Å². The summed E-state index contributed by atoms with van der Waals surface area (Å²) in [5, 5.41) is 9.27. The van der Waals surface area contributed by atoms with Gasteiger partial charge in [0.25, 0.3) is 5.91 Å². The van der Waals surface area contributed by atoms with Crippen LogP contribution in [0.3, 0.4) is 0 Å². The molecular formula is C23H24N4O3S. The molecule has 0 aliphatic heterocycles. The SMILES string of the molecule is COc1ccc(C(=O)NCCNC(=O)Nc2cccc(CSc3ccccn3)c2)cc1. The normalized spacial score (nSPS) is 10.2. The van der Waals surface area contributed by atoms with Gasteiger partial charge in [0.05, 0.1) is 12.1 Å². The molecule has 0 aliphatic rings. The first-order valence-corrected chi connectivity index (χ1v) is 10.7. The fourth-order valence-electron chi connectivity index (χ4n) is 2.70. The number of hydrogen-bond acceptors (Lipinski definition) is 5. The molecule has 2 aromatic carbocycles. The first-order valence-electron chi connectivity index (χ1n) is 9.74. The summed E-state index contributed by atoms with van der Waals surface area (Å²) < 4.78 is 5.07. The molecule has 0 unspecified atom stereocenters. The van der Waals surface area contributed by atoms with Gasteiger partial charge < -0.3 is 20.7 Å². The molecule has 7 nitrogen and oxygen atoms in total. The Morgan fingerprint density at radius 1 is 0.968 bits per heavy atom. The van der Waals surface area contributed by atoms with Crippen LogP contribution in [0.1, 0.15) is 15.9 Å². The van der Waals surface area contributed by atoms with E-state index in [9.17, 15) is 9.59 Å². The lowest BCUT2D eigenvalue weighted by atomic mass is 10.2. The second-order valence-electron chi connectivity index (χ2n) is 6.52. The van der Waals surface area contributed by atoms with E-state index in [0.29, 0.717) is 30.1 Å². The van der Waals surface area contributed by atoms with Crippen LogP contribution >= 0.6 is 11.8 Å². The Morgan fingerprint density at radius 2 is 1.77 bits per heavy atom. The number of carbonyl (C=O) groups excluding carboxylic acids is 2. The number of amides is 3. The number of ether oxygens (including phenoxy) is 1. The minimum atomic E-state index is -0.326. The van der Waals surface area contributed by atoms with Gasteiger partial charge in [-0.25, -0.2) is 9.78 Å². The predicted octanol–water partition coefficient (Wildman–Crippen LogP) is 3.93. The van der Waals surface area contributed by atoms with Gasteiger partial charge in [0.15, 0.2) is 0 Å². The van der Waals surface area contributed by atoms with Gasteiger partial charge in [-0.2, -0.15) is 0 Å². The number of pyridine rings is 1. The van der Waals surface area contributed by atoms with E-state index in [4.69, 9.17) is 4.74 Å². The number of thioether (sulfide) groups is 1. The molecule has 0 aliphatic carbocycles. The molecule has 0 saturated heterocycles. The average Bonchev–Trinajstić information content (AvgIpc) is 2.81. The summed E-state index contributed by atoms with van der Waals surface area (Å²) in [4.78, 5) is 28.5. The van der Waals surface area contributed by atoms with Gasteiger partial charge in [0.2, 0.25) is 0 Å². The second-order valence-corrected chi connectivity index (χ2v) is 7.52. The average molecular weight is 437 g/mol. The minimum Gasteiger partial charge on any atom is -0.497 e. The summed E-state index contributed by atoms with van der Waals surface area (Å²) in [6.07, 6.45) is 1.77. The molecule has 0 spiro atoms. The van der Waals surface area contributed by atoms with Crippen LogP contribution in [0.15, 0.2) is 78.0 Å². The zero-order valence-corrected chi connectivity index (χ0v) is 17.9. The maximum absolute atomic E-state index is 12.1. The highest BCUT2D eigenvalue weighted by Crippen LogP contribution is 2.22. The van der Waals surface area contributed by atoms with E-state index in [1.54, 1.807) is 49.3 Å². The zero-order chi connectivity index (χ0) is 21.9. The van der Waals surface area contributed by atoms with E-state index >= 15 is 0 Å². The first-order chi connectivity index (χ1) is 15.1. The molecule has 3 rings (SSSR count). The molecule has 0 atom stereocenters. The number of anilines is 1. The molecule has 0 fully saturated rings. The smallest absolute Gasteiger partial charge is 0.319 e. The van der Waals surface area contributed by atoms with E-state index in [1.807, 2.05) is 42.5 Å². The van der Waals surface area contributed by atoms with Crippen LogP contribution in [0, 0.1) is 0 Å². The highest BCUT2D eigenvalue weighted by atomic mass is 32.2. The van der Waals surface area contributed by atoms with Crippen molar-refractivity contribution < 1.29 is 14.3 Å². The lowest BCUT2D eigenvalue weighted by Crippen LogP contribution is -2.36. The van der Waals surface area contributed by atoms with Crippen LogP contribution in [0.2, 0.25) is 0 Å². The minimum absolute atomic E-state index is 0.206. The van der Waals surface area contributed by atoms with Crippen LogP contribution in [0.25, 0.3) is 0 Å². The van der Waals surface area contributed by atoms with Crippen LogP contribution in [0.5, 0.6) is 5.75 Å². The number of rotatable bonds is 9. The zero-order valence-electron chi connectivity index (χ0n) is 17.1. The fourth-order valence-corrected chi connectivity index (χ4v) is 3.50. The van der Waals surface area contributed by atoms with Gasteiger partial charge in [-0.3, -0.25) is 4.79 Å². The molecule has 160 valence electrons. The molecule has 31 heavy (non-hydrogen) atoms. The number of carbonyl (C=O) groups is 2. The van der Waals surface area contributed by atoms with Crippen molar-refractivity contribution in [2.24, 2.45) is 0 Å². The lowest BCUT2D eigenvalue weighted by Gasteiger charge is -2.10. The molecule has 0 bridgehead atoms. The van der Waals surface area contributed by atoms with Gasteiger partial charge in [-0.1, -0.05) is 18.2 Å². The molecule has 1 aromatic heterocycles. The number of methoxy groups -OCH3 is 1. The van der Waals surface area contributed by atoms with E-state index in [-0.39, 0.29) is 11.9 Å². The van der Waals surface area contributed by atoms with Crippen LogP contribution in [-0.4, -0.2) is 37.1 Å². The van der Waals surface area contributed by atoms with Crippen molar-refractivity contribution in [1.82, 2.24) is 15.6 Å². The van der Waals surface area contributed by atoms with E-state index in [0.717, 1.165) is 16.3 Å². The number of nitrogens with one attached hydrogen (secondary N) is 3. The molecule has 3 aromatic rings. The molecular weight excluding hydrogens is 412 g/mol. The number of hydrogen-bond donors (Lipinski definition) is 3. The predicted molar refractivity (Wildman–Crippen MR) is 123 cm³/mol. The Labute approximate surface area is 185 Å². The quantitative estimate of drug-likeness (QED) is 0.349. The highest BCUT2D eigenvalue weighted by molar-refractivity contribution is 7.98. The van der Waals surface area contributed by atoms with E-state index < -0.39 is 0 Å². The number of benzene rings is 2. The van der Waals surface area contributed by atoms with Crippen molar-refractivity contribution in [2.75, 3.05) is 25.5 Å². The Hall–Kier alpha value is -3.52. The standard InChI is InChI=1S/C23H24N4O3S/c1-30-20-10-8-18(9-11-20)22(28)25-13-14-26-23(29)27-19-6-4-5-17(15-19)16-31-21-7-2-3-12-24-21/h2-12,15H,13-14,16H2,1H3,(H,25,28)(H2,26,27,29). The third-order valence-corrected chi connectivity index (χ3v) is 5.27. The van der Waals surface area contributed by atoms with E-state index in [2.05, 4.69) is 20.9 Å². The van der Waals surface area contributed by atoms with Gasteiger partial charge in [0.1, 0.15) is 5.75 Å². The molecule has 0 saturated carbocycles. The van der Waals surface area contributed by atoms with Crippen LogP contribution in [-0.2, 0) is 5.75 Å². The maximum Gasteiger partial charge on any atom is 0.319 e. The summed E-state index contributed by atoms with van der Waals surface area (Å²) in [5.74, 6) is 1.24. The van der Waals surface area contributed by atoms with Crippen molar-refractivity contribution in [3.05, 3.63) is 84.1 Å². The second kappa shape index (κ2) is 11.6. The van der Waals surface area contributed by atoms with Gasteiger partial charge in [-0.05, 0) is 54.1 Å². The summed E-state index contributed by atoms with van der Waals surface area (Å²) in [6.45, 7) is 0.627. The van der Waals surface area contributed by atoms with Crippen molar-refractivity contribution in [1.29, 1.82) is 0 Å². The summed E-state index contributed by atoms with van der Waals surface area (Å²) >= 11 is 1.63. The van der Waals surface area contributed by atoms with Gasteiger partial charge >= 0.3 is 6.03 Å². The van der Waals surface area contributed by atoms with Crippen LogP contribution < -0.4 is 20.7 Å². The number of nitrogens with zero attached hydrogens (tertiary/aromatic N) is 1. The van der Waals surface area contributed by atoms with E-state index in [1.165, 1.54) is 0 Å². The molecule has 1 heterocycles. The summed E-state index contributed by atoms with van der Waals surface area (Å²) in [6, 6.07) is 20.0. The highest BCUT2D eigenvalue weighted by Gasteiger charge is 2.06. The Balaban J connectivity index is 1.38. The van der Waals surface area contributed by atoms with Crippen molar-refractivity contribution in [3.63, 3.8) is 0 Å². The summed E-state index contributed by atoms with van der Waals surface area (Å²) in [5.41, 5.74) is 2.32. The third-order valence-electron chi connectivity index (χ3n) is 4.26. The Bertz CT molecular complexity index is 997. The number of urea groups is 1. The topological polar surface area (TPSA) is 92.4 Å². The Morgan fingerprint density at radius 3 is 2.52 bits per heavy atom. The molecule has 8 heteroatoms.